The Bertz CT molecular complexity index is 1120. The number of hydrogen-bond donors (Lipinski definition) is 0. The minimum absolute atomic E-state index is 0.403. The molecule has 4 nitrogen and oxygen atoms in total. The van der Waals surface area contributed by atoms with E-state index in [4.69, 9.17) is 5.26 Å². The van der Waals surface area contributed by atoms with Crippen molar-refractivity contribution in [2.24, 2.45) is 0 Å². The number of benzene rings is 1. The monoisotopic (exact) mass is 376 g/mol. The lowest BCUT2D eigenvalue weighted by Crippen LogP contribution is -2.32. The van der Waals surface area contributed by atoms with E-state index in [1.165, 1.54) is 6.07 Å². The molecule has 0 amide bonds. The van der Waals surface area contributed by atoms with E-state index in [0.29, 0.717) is 28.8 Å². The Kier molecular flexibility index (Phi) is 4.52. The molecule has 4 rings (SSSR count). The molecular weight excluding hydrogens is 358 g/mol. The summed E-state index contributed by atoms with van der Waals surface area (Å²) in [5.74, 6) is -0.329. The summed E-state index contributed by atoms with van der Waals surface area (Å²) < 4.78 is 27.7. The maximum Gasteiger partial charge on any atom is 0.131 e. The molecule has 140 valence electrons. The highest BCUT2D eigenvalue weighted by Gasteiger charge is 2.21. The molecular formula is C22H18F2N4. The van der Waals surface area contributed by atoms with Crippen molar-refractivity contribution in [2.75, 3.05) is 11.4 Å². The van der Waals surface area contributed by atoms with Crippen LogP contribution >= 0.6 is 0 Å². The van der Waals surface area contributed by atoms with Gasteiger partial charge in [-0.1, -0.05) is 0 Å². The van der Waals surface area contributed by atoms with Crippen LogP contribution in [0, 0.1) is 36.8 Å². The van der Waals surface area contributed by atoms with Gasteiger partial charge in [-0.3, -0.25) is 4.98 Å². The summed E-state index contributed by atoms with van der Waals surface area (Å²) in [7, 11) is 0. The smallest absolute Gasteiger partial charge is 0.131 e. The third kappa shape index (κ3) is 3.20. The van der Waals surface area contributed by atoms with Gasteiger partial charge in [-0.2, -0.15) is 5.26 Å². The third-order valence-electron chi connectivity index (χ3n) is 5.14. The molecule has 3 heterocycles. The minimum atomic E-state index is -0.602. The SMILES string of the molecule is Cc1cc(C#N)cnc1N1CCc2ncc(-c3cc(F)cc(F)c3C)cc2C1. The number of rotatable bonds is 2. The molecule has 0 atom stereocenters. The van der Waals surface area contributed by atoms with E-state index in [1.807, 2.05) is 19.1 Å². The molecule has 2 aromatic heterocycles. The number of nitriles is 1. The number of aromatic nitrogens is 2. The van der Waals surface area contributed by atoms with Crippen molar-refractivity contribution in [2.45, 2.75) is 26.8 Å². The van der Waals surface area contributed by atoms with Crippen molar-refractivity contribution in [3.63, 3.8) is 0 Å². The fourth-order valence-corrected chi connectivity index (χ4v) is 3.66. The van der Waals surface area contributed by atoms with Gasteiger partial charge in [0.15, 0.2) is 0 Å². The Morgan fingerprint density at radius 3 is 2.64 bits per heavy atom. The first kappa shape index (κ1) is 18.1. The molecule has 1 aromatic carbocycles. The number of aryl methyl sites for hydroxylation is 1. The molecule has 1 aliphatic rings. The van der Waals surface area contributed by atoms with Crippen LogP contribution in [-0.2, 0) is 13.0 Å². The van der Waals surface area contributed by atoms with Crippen LogP contribution in [-0.4, -0.2) is 16.5 Å². The number of pyridine rings is 2. The van der Waals surface area contributed by atoms with Crippen molar-refractivity contribution < 1.29 is 8.78 Å². The van der Waals surface area contributed by atoms with Gasteiger partial charge >= 0.3 is 0 Å². The summed E-state index contributed by atoms with van der Waals surface area (Å²) in [5, 5.41) is 9.03. The summed E-state index contributed by atoms with van der Waals surface area (Å²) in [6.45, 7) is 4.95. The van der Waals surface area contributed by atoms with Crippen molar-refractivity contribution in [3.05, 3.63) is 76.2 Å². The fourth-order valence-electron chi connectivity index (χ4n) is 3.66. The Hall–Kier alpha value is -3.33. The van der Waals surface area contributed by atoms with Crippen LogP contribution in [0.2, 0.25) is 0 Å². The number of halogens is 2. The zero-order valence-electron chi connectivity index (χ0n) is 15.6. The van der Waals surface area contributed by atoms with E-state index < -0.39 is 11.6 Å². The Balaban J connectivity index is 1.70. The minimum Gasteiger partial charge on any atom is -0.352 e. The summed E-state index contributed by atoms with van der Waals surface area (Å²) in [6.07, 6.45) is 4.01. The molecule has 0 radical (unpaired) electrons. The lowest BCUT2D eigenvalue weighted by molar-refractivity contribution is 0.578. The maximum absolute atomic E-state index is 14.0. The first-order valence-corrected chi connectivity index (χ1v) is 9.02. The molecule has 0 saturated heterocycles. The van der Waals surface area contributed by atoms with Crippen molar-refractivity contribution in [1.29, 1.82) is 5.26 Å². The Morgan fingerprint density at radius 2 is 1.89 bits per heavy atom. The van der Waals surface area contributed by atoms with Gasteiger partial charge in [0.05, 0.1) is 5.56 Å². The second kappa shape index (κ2) is 7.01. The van der Waals surface area contributed by atoms with Gasteiger partial charge in [0.25, 0.3) is 0 Å². The Labute approximate surface area is 162 Å². The van der Waals surface area contributed by atoms with Gasteiger partial charge in [-0.15, -0.1) is 0 Å². The van der Waals surface area contributed by atoms with Crippen LogP contribution in [0.4, 0.5) is 14.6 Å². The van der Waals surface area contributed by atoms with E-state index in [9.17, 15) is 8.78 Å². The van der Waals surface area contributed by atoms with Gasteiger partial charge in [-0.05, 0) is 54.3 Å². The van der Waals surface area contributed by atoms with Crippen LogP contribution in [0.1, 0.15) is 27.9 Å². The fraction of sp³-hybridized carbons (Fsp3) is 0.227. The van der Waals surface area contributed by atoms with Crippen molar-refractivity contribution >= 4 is 5.82 Å². The molecule has 0 aliphatic carbocycles. The quantitative estimate of drug-likeness (QED) is 0.662. The zero-order valence-corrected chi connectivity index (χ0v) is 15.6. The van der Waals surface area contributed by atoms with Crippen molar-refractivity contribution in [1.82, 2.24) is 9.97 Å². The van der Waals surface area contributed by atoms with Crippen molar-refractivity contribution in [3.8, 4) is 17.2 Å². The summed E-state index contributed by atoms with van der Waals surface area (Å²) in [6, 6.07) is 8.12. The topological polar surface area (TPSA) is 52.8 Å². The molecule has 0 N–H and O–H groups in total. The largest absolute Gasteiger partial charge is 0.352 e. The summed E-state index contributed by atoms with van der Waals surface area (Å²) >= 11 is 0. The third-order valence-corrected chi connectivity index (χ3v) is 5.14. The average Bonchev–Trinajstić information content (AvgIpc) is 2.69. The highest BCUT2D eigenvalue weighted by Crippen LogP contribution is 2.30. The number of anilines is 1. The van der Waals surface area contributed by atoms with Gasteiger partial charge in [0, 0.05) is 49.2 Å². The number of fused-ring (bicyclic) bond motifs is 1. The van der Waals surface area contributed by atoms with E-state index >= 15 is 0 Å². The van der Waals surface area contributed by atoms with Crippen LogP contribution in [0.25, 0.3) is 11.1 Å². The molecule has 0 spiro atoms. The first-order valence-electron chi connectivity index (χ1n) is 9.02. The van der Waals surface area contributed by atoms with E-state index in [0.717, 1.165) is 41.7 Å². The van der Waals surface area contributed by atoms with Gasteiger partial charge < -0.3 is 4.90 Å². The standard InChI is InChI=1S/C22H18F2N4/c1-13-5-15(9-25)10-27-22(13)28-4-3-21-17(12-28)6-16(11-26-21)19-7-18(23)8-20(24)14(19)2/h5-8,10-11H,3-4,12H2,1-2H3. The average molecular weight is 376 g/mol. The lowest BCUT2D eigenvalue weighted by Gasteiger charge is -2.30. The molecule has 3 aromatic rings. The second-order valence-electron chi connectivity index (χ2n) is 7.04. The van der Waals surface area contributed by atoms with E-state index in [-0.39, 0.29) is 0 Å². The highest BCUT2D eigenvalue weighted by molar-refractivity contribution is 5.68. The molecule has 28 heavy (non-hydrogen) atoms. The highest BCUT2D eigenvalue weighted by atomic mass is 19.1. The lowest BCUT2D eigenvalue weighted by atomic mass is 9.97. The Morgan fingerprint density at radius 1 is 1.07 bits per heavy atom. The number of hydrogen-bond acceptors (Lipinski definition) is 4. The van der Waals surface area contributed by atoms with E-state index in [2.05, 4.69) is 20.9 Å². The van der Waals surface area contributed by atoms with E-state index in [1.54, 1.807) is 19.3 Å². The second-order valence-corrected chi connectivity index (χ2v) is 7.04. The van der Waals surface area contributed by atoms with Gasteiger partial charge in [0.2, 0.25) is 0 Å². The summed E-state index contributed by atoms with van der Waals surface area (Å²) in [4.78, 5) is 11.1. The number of nitrogens with zero attached hydrogens (tertiary/aromatic N) is 4. The van der Waals surface area contributed by atoms with Crippen LogP contribution < -0.4 is 4.90 Å². The summed E-state index contributed by atoms with van der Waals surface area (Å²) in [5.41, 5.74) is 5.08. The molecule has 0 fully saturated rings. The first-order chi connectivity index (χ1) is 13.5. The van der Waals surface area contributed by atoms with Gasteiger partial charge in [0.1, 0.15) is 23.5 Å². The maximum atomic E-state index is 14.0. The zero-order chi connectivity index (χ0) is 19.8. The molecule has 0 saturated carbocycles. The molecule has 0 bridgehead atoms. The van der Waals surface area contributed by atoms with Crippen LogP contribution in [0.5, 0.6) is 0 Å². The predicted octanol–water partition coefficient (Wildman–Crippen LogP) is 4.47. The molecule has 6 heteroatoms. The predicted molar refractivity (Wildman–Crippen MR) is 103 cm³/mol. The molecule has 0 unspecified atom stereocenters. The normalized spacial score (nSPS) is 13.2. The van der Waals surface area contributed by atoms with Crippen LogP contribution in [0.3, 0.4) is 0 Å². The van der Waals surface area contributed by atoms with Crippen LogP contribution in [0.15, 0.2) is 36.7 Å². The van der Waals surface area contributed by atoms with Gasteiger partial charge in [-0.25, -0.2) is 13.8 Å². The molecule has 1 aliphatic heterocycles.